The first-order valence-electron chi connectivity index (χ1n) is 10.4. The fourth-order valence-electron chi connectivity index (χ4n) is 3.11. The summed E-state index contributed by atoms with van der Waals surface area (Å²) in [6.45, 7) is 4.33. The van der Waals surface area contributed by atoms with Gasteiger partial charge in [0.05, 0.1) is 11.1 Å². The minimum Gasteiger partial charge on any atom is -0.370 e. The summed E-state index contributed by atoms with van der Waals surface area (Å²) in [4.78, 5) is 37.3. The van der Waals surface area contributed by atoms with Crippen molar-refractivity contribution in [3.8, 4) is 0 Å². The van der Waals surface area contributed by atoms with Gasteiger partial charge in [-0.25, -0.2) is 20.4 Å². The lowest BCUT2D eigenvalue weighted by atomic mass is 10.0. The lowest BCUT2D eigenvalue weighted by molar-refractivity contribution is -0.129. The van der Waals surface area contributed by atoms with Crippen molar-refractivity contribution in [1.29, 1.82) is 0 Å². The molecule has 0 aliphatic rings. The zero-order valence-electron chi connectivity index (χ0n) is 18.3. The normalized spacial score (nSPS) is 10.7. The maximum atomic E-state index is 12.7. The van der Waals surface area contributed by atoms with Crippen LogP contribution in [0.15, 0.2) is 30.5 Å². The Kier molecular flexibility index (Phi) is 8.70. The Morgan fingerprint density at radius 3 is 2.70 bits per heavy atom. The predicted octanol–water partition coefficient (Wildman–Crippen LogP) is 4.46. The molecule has 9 nitrogen and oxygen atoms in total. The number of carbonyl (C=O) groups is 2. The number of nitrogens with zero attached hydrogens (tertiary/aromatic N) is 3. The maximum Gasteiger partial charge on any atom is 0.243 e. The van der Waals surface area contributed by atoms with E-state index in [-0.39, 0.29) is 18.6 Å². The standard InChI is InChI=1S/C22H25ClN6O3S/c1-13-6-5-7-16(23)15(13)10-17(30)18-12-25-22(33-18)28-20-11-19(26-14(2)27-20)24-9-4-3-8-21(31)29-32/h5-7,11-12,32H,3-4,8-10H2,1-2H3,(H,29,31)(H2,24,25,26,27,28). The van der Waals surface area contributed by atoms with Gasteiger partial charge in [0.15, 0.2) is 10.9 Å². The van der Waals surface area contributed by atoms with Crippen molar-refractivity contribution in [3.05, 3.63) is 57.3 Å². The molecule has 33 heavy (non-hydrogen) atoms. The van der Waals surface area contributed by atoms with Crippen LogP contribution in [0.25, 0.3) is 0 Å². The van der Waals surface area contributed by atoms with Gasteiger partial charge in [-0.2, -0.15) is 0 Å². The van der Waals surface area contributed by atoms with Crippen LogP contribution >= 0.6 is 22.9 Å². The SMILES string of the molecule is Cc1nc(NCCCCC(=O)NO)cc(Nc2ncc(C(=O)Cc3c(C)cccc3Cl)s2)n1. The molecule has 0 aliphatic heterocycles. The first-order valence-corrected chi connectivity index (χ1v) is 11.6. The second kappa shape index (κ2) is 11.7. The van der Waals surface area contributed by atoms with Crippen LogP contribution in [-0.2, 0) is 11.2 Å². The van der Waals surface area contributed by atoms with E-state index < -0.39 is 5.91 Å². The summed E-state index contributed by atoms with van der Waals surface area (Å²) in [5.74, 6) is 1.32. The van der Waals surface area contributed by atoms with E-state index in [0.29, 0.717) is 45.5 Å². The van der Waals surface area contributed by atoms with Gasteiger partial charge in [-0.1, -0.05) is 35.1 Å². The smallest absolute Gasteiger partial charge is 0.243 e. The Morgan fingerprint density at radius 1 is 1.15 bits per heavy atom. The van der Waals surface area contributed by atoms with Crippen molar-refractivity contribution in [2.75, 3.05) is 17.2 Å². The molecule has 0 saturated carbocycles. The Bertz CT molecular complexity index is 1120. The van der Waals surface area contributed by atoms with Crippen LogP contribution < -0.4 is 16.1 Å². The van der Waals surface area contributed by atoms with Crippen molar-refractivity contribution in [1.82, 2.24) is 20.4 Å². The third kappa shape index (κ3) is 7.21. The number of nitrogens with one attached hydrogen (secondary N) is 3. The number of halogens is 1. The quantitative estimate of drug-likeness (QED) is 0.135. The van der Waals surface area contributed by atoms with Gasteiger partial charge in [0, 0.05) is 30.5 Å². The van der Waals surface area contributed by atoms with Crippen LogP contribution in [-0.4, -0.2) is 38.4 Å². The van der Waals surface area contributed by atoms with Crippen molar-refractivity contribution < 1.29 is 14.8 Å². The number of amides is 1. The number of benzene rings is 1. The number of hydrogen-bond acceptors (Lipinski definition) is 9. The molecule has 0 unspecified atom stereocenters. The number of carbonyl (C=O) groups excluding carboxylic acids is 2. The summed E-state index contributed by atoms with van der Waals surface area (Å²) in [5, 5.41) is 16.0. The molecule has 0 spiro atoms. The van der Waals surface area contributed by atoms with E-state index in [1.54, 1.807) is 30.7 Å². The van der Waals surface area contributed by atoms with Gasteiger partial charge in [-0.05, 0) is 43.9 Å². The molecule has 0 fully saturated rings. The molecular formula is C22H25ClN6O3S. The monoisotopic (exact) mass is 488 g/mol. The van der Waals surface area contributed by atoms with E-state index >= 15 is 0 Å². The third-order valence-corrected chi connectivity index (χ3v) is 6.11. The molecule has 1 aromatic carbocycles. The number of aromatic nitrogens is 3. The first kappa shape index (κ1) is 24.6. The number of hydrogen-bond donors (Lipinski definition) is 4. The van der Waals surface area contributed by atoms with E-state index in [9.17, 15) is 9.59 Å². The zero-order chi connectivity index (χ0) is 23.8. The van der Waals surface area contributed by atoms with Gasteiger partial charge >= 0.3 is 0 Å². The lowest BCUT2D eigenvalue weighted by Crippen LogP contribution is -2.18. The molecule has 11 heteroatoms. The van der Waals surface area contributed by atoms with Crippen molar-refractivity contribution in [3.63, 3.8) is 0 Å². The summed E-state index contributed by atoms with van der Waals surface area (Å²) in [6, 6.07) is 7.33. The largest absolute Gasteiger partial charge is 0.370 e. The summed E-state index contributed by atoms with van der Waals surface area (Å²) in [6.07, 6.45) is 3.40. The van der Waals surface area contributed by atoms with Crippen LogP contribution in [0.3, 0.4) is 0 Å². The Hall–Kier alpha value is -3.08. The topological polar surface area (TPSA) is 129 Å². The second-order valence-electron chi connectivity index (χ2n) is 7.39. The van der Waals surface area contributed by atoms with E-state index in [1.807, 2.05) is 19.1 Å². The lowest BCUT2D eigenvalue weighted by Gasteiger charge is -2.09. The molecule has 0 saturated heterocycles. The molecule has 174 valence electrons. The highest BCUT2D eigenvalue weighted by atomic mass is 35.5. The van der Waals surface area contributed by atoms with E-state index in [2.05, 4.69) is 25.6 Å². The average molecular weight is 489 g/mol. The van der Waals surface area contributed by atoms with Crippen molar-refractivity contribution in [2.45, 2.75) is 39.5 Å². The molecule has 4 N–H and O–H groups in total. The highest BCUT2D eigenvalue weighted by Gasteiger charge is 2.15. The van der Waals surface area contributed by atoms with Gasteiger partial charge < -0.3 is 10.6 Å². The van der Waals surface area contributed by atoms with Crippen LogP contribution in [0.1, 0.15) is 45.9 Å². The minimum absolute atomic E-state index is 0.0483. The molecule has 1 amide bonds. The van der Waals surface area contributed by atoms with Gasteiger partial charge in [0.1, 0.15) is 17.5 Å². The summed E-state index contributed by atoms with van der Waals surface area (Å²) < 4.78 is 0. The van der Waals surface area contributed by atoms with Gasteiger partial charge in [0.25, 0.3) is 0 Å². The molecule has 2 heterocycles. The fraction of sp³-hybridized carbons (Fsp3) is 0.318. The fourth-order valence-corrected chi connectivity index (χ4v) is 4.16. The van der Waals surface area contributed by atoms with Gasteiger partial charge in [0.2, 0.25) is 5.91 Å². The van der Waals surface area contributed by atoms with Gasteiger partial charge in [-0.15, -0.1) is 0 Å². The average Bonchev–Trinajstić information content (AvgIpc) is 3.24. The van der Waals surface area contributed by atoms with Crippen LogP contribution in [0.2, 0.25) is 5.02 Å². The third-order valence-electron chi connectivity index (χ3n) is 4.81. The summed E-state index contributed by atoms with van der Waals surface area (Å²) in [5.41, 5.74) is 3.42. The van der Waals surface area contributed by atoms with Gasteiger partial charge in [-0.3, -0.25) is 14.8 Å². The molecule has 2 aromatic heterocycles. The van der Waals surface area contributed by atoms with Crippen LogP contribution in [0, 0.1) is 13.8 Å². The van der Waals surface area contributed by atoms with E-state index in [1.165, 1.54) is 11.3 Å². The van der Waals surface area contributed by atoms with Crippen molar-refractivity contribution >= 4 is 51.4 Å². The minimum atomic E-state index is -0.400. The molecule has 0 aliphatic carbocycles. The molecule has 0 bridgehead atoms. The molecule has 3 rings (SSSR count). The number of aryl methyl sites for hydroxylation is 2. The molecular weight excluding hydrogens is 464 g/mol. The zero-order valence-corrected chi connectivity index (χ0v) is 19.9. The highest BCUT2D eigenvalue weighted by Crippen LogP contribution is 2.26. The maximum absolute atomic E-state index is 12.7. The van der Waals surface area contributed by atoms with Crippen molar-refractivity contribution in [2.24, 2.45) is 0 Å². The van der Waals surface area contributed by atoms with Crippen LogP contribution in [0.4, 0.5) is 16.8 Å². The number of unbranched alkanes of at least 4 members (excludes halogenated alkanes) is 1. The van der Waals surface area contributed by atoms with Crippen LogP contribution in [0.5, 0.6) is 0 Å². The number of anilines is 3. The second-order valence-corrected chi connectivity index (χ2v) is 8.83. The number of thiazole rings is 1. The van der Waals surface area contributed by atoms with E-state index in [0.717, 1.165) is 17.5 Å². The Balaban J connectivity index is 1.59. The first-order chi connectivity index (χ1) is 15.9. The Morgan fingerprint density at radius 2 is 1.94 bits per heavy atom. The molecule has 0 atom stereocenters. The van der Waals surface area contributed by atoms with E-state index in [4.69, 9.17) is 16.8 Å². The molecule has 0 radical (unpaired) electrons. The Labute approximate surface area is 200 Å². The number of hydroxylamine groups is 1. The number of rotatable bonds is 11. The predicted molar refractivity (Wildman–Crippen MR) is 129 cm³/mol. The molecule has 3 aromatic rings. The summed E-state index contributed by atoms with van der Waals surface area (Å²) in [7, 11) is 0. The summed E-state index contributed by atoms with van der Waals surface area (Å²) >= 11 is 7.51. The number of ketones is 1. The number of Topliss-reactive ketones (excluding diaryl/α,β-unsaturated/α-hetero) is 1. The highest BCUT2D eigenvalue weighted by molar-refractivity contribution is 7.17.